The average Bonchev–Trinajstić information content (AvgIpc) is 2.72. The number of esters is 1. The number of aliphatic imine (C=N–C) groups is 1. The molecule has 2 rings (SSSR count). The fourth-order valence-electron chi connectivity index (χ4n) is 2.97. The van der Waals surface area contributed by atoms with Crippen LogP contribution in [-0.4, -0.2) is 31.1 Å². The van der Waals surface area contributed by atoms with Gasteiger partial charge in [0.25, 0.3) is 0 Å². The molecule has 4 nitrogen and oxygen atoms in total. The minimum absolute atomic E-state index is 0.0922. The summed E-state index contributed by atoms with van der Waals surface area (Å²) < 4.78 is 46.2. The Morgan fingerprint density at radius 1 is 1.23 bits per heavy atom. The van der Waals surface area contributed by atoms with Crippen LogP contribution in [0.25, 0.3) is 0 Å². The van der Waals surface area contributed by atoms with E-state index in [9.17, 15) is 18.0 Å². The molecular formula is C24H26F3NO3. The molecule has 1 atom stereocenters. The number of allylic oxidation sites excluding steroid dienone is 4. The number of alkyl halides is 3. The molecule has 1 aliphatic rings. The van der Waals surface area contributed by atoms with Gasteiger partial charge in [-0.25, -0.2) is 9.79 Å². The number of carbonyl (C=O) groups is 1. The second kappa shape index (κ2) is 11.5. The number of hydrogen-bond donors (Lipinski definition) is 0. The first-order valence-electron chi connectivity index (χ1n) is 9.89. The molecule has 0 aromatic heterocycles. The van der Waals surface area contributed by atoms with Crippen molar-refractivity contribution in [1.29, 1.82) is 0 Å². The highest BCUT2D eigenvalue weighted by molar-refractivity contribution is 6.44. The quantitative estimate of drug-likeness (QED) is 0.361. The first-order valence-corrected chi connectivity index (χ1v) is 9.89. The molecule has 0 bridgehead atoms. The fraction of sp³-hybridized carbons (Fsp3) is 0.333. The van der Waals surface area contributed by atoms with Crippen molar-refractivity contribution in [3.63, 3.8) is 0 Å². The number of hydrogen-bond acceptors (Lipinski definition) is 4. The lowest BCUT2D eigenvalue weighted by Gasteiger charge is -2.18. The Morgan fingerprint density at radius 3 is 2.52 bits per heavy atom. The van der Waals surface area contributed by atoms with Gasteiger partial charge in [-0.05, 0) is 36.5 Å². The summed E-state index contributed by atoms with van der Waals surface area (Å²) in [6, 6.07) is 7.21. The zero-order chi connectivity index (χ0) is 22.9. The summed E-state index contributed by atoms with van der Waals surface area (Å²) in [5, 5.41) is 0. The second-order valence-electron chi connectivity index (χ2n) is 6.98. The number of halogens is 3. The molecule has 1 aromatic carbocycles. The van der Waals surface area contributed by atoms with Gasteiger partial charge in [0.15, 0.2) is 5.71 Å². The van der Waals surface area contributed by atoms with Gasteiger partial charge in [-0.15, -0.1) is 6.58 Å². The summed E-state index contributed by atoms with van der Waals surface area (Å²) in [5.74, 6) is -0.647. The van der Waals surface area contributed by atoms with E-state index in [1.807, 2.05) is 24.3 Å². The van der Waals surface area contributed by atoms with Gasteiger partial charge in [-0.1, -0.05) is 54.6 Å². The predicted octanol–water partition coefficient (Wildman–Crippen LogP) is 5.51. The Bertz CT molecular complexity index is 880. The van der Waals surface area contributed by atoms with Gasteiger partial charge >= 0.3 is 12.1 Å². The van der Waals surface area contributed by atoms with Crippen LogP contribution in [0, 0.1) is 5.92 Å². The van der Waals surface area contributed by atoms with Crippen LogP contribution in [0.4, 0.5) is 13.2 Å². The lowest BCUT2D eigenvalue weighted by atomic mass is 9.90. The highest BCUT2D eigenvalue weighted by atomic mass is 19.4. The van der Waals surface area contributed by atoms with Crippen LogP contribution in [-0.2, 0) is 27.3 Å². The molecule has 0 aliphatic carbocycles. The number of ether oxygens (including phenoxy) is 2. The maximum Gasteiger partial charge on any atom is 0.411 e. The third-order valence-electron chi connectivity index (χ3n) is 4.50. The van der Waals surface area contributed by atoms with Crippen molar-refractivity contribution in [1.82, 2.24) is 0 Å². The number of rotatable bonds is 10. The van der Waals surface area contributed by atoms with Crippen LogP contribution >= 0.6 is 0 Å². The standard InChI is InChI=1S/C24H26F3NO3/c1-4-20-12-13-28-22(23(29)31-5-2)21(20)14-17(3)6-7-18-8-10-19(11-9-18)15-30-16-24(25,26)27/h4,8-14,20H,1,3,5-7,15-16H2,2H3/b21-14+/t20-/m0/s1. The van der Waals surface area contributed by atoms with E-state index < -0.39 is 18.8 Å². The van der Waals surface area contributed by atoms with Gasteiger partial charge in [-0.2, -0.15) is 13.2 Å². The molecule has 0 saturated heterocycles. The number of aryl methyl sites for hydroxylation is 1. The van der Waals surface area contributed by atoms with Crippen LogP contribution in [0.1, 0.15) is 24.5 Å². The Labute approximate surface area is 180 Å². The van der Waals surface area contributed by atoms with Gasteiger partial charge in [0.05, 0.1) is 13.2 Å². The number of nitrogens with zero attached hydrogens (tertiary/aromatic N) is 1. The SMILES string of the molecule is C=C[C@H]1C=CN=C(C(=O)OCC)/C1=C/C(=C)CCc1ccc(COCC(F)(F)F)cc1. The van der Waals surface area contributed by atoms with Gasteiger partial charge in [0.2, 0.25) is 0 Å². The van der Waals surface area contributed by atoms with E-state index in [2.05, 4.69) is 22.9 Å². The van der Waals surface area contributed by atoms with E-state index in [1.165, 1.54) is 0 Å². The van der Waals surface area contributed by atoms with E-state index in [-0.39, 0.29) is 24.8 Å². The highest BCUT2D eigenvalue weighted by Crippen LogP contribution is 2.24. The minimum Gasteiger partial charge on any atom is -0.461 e. The van der Waals surface area contributed by atoms with Crippen molar-refractivity contribution in [2.24, 2.45) is 10.9 Å². The lowest BCUT2D eigenvalue weighted by Crippen LogP contribution is -2.24. The molecule has 7 heteroatoms. The third kappa shape index (κ3) is 8.02. The molecule has 0 N–H and O–H groups in total. The van der Waals surface area contributed by atoms with Gasteiger partial charge < -0.3 is 9.47 Å². The Hall–Kier alpha value is -2.93. The van der Waals surface area contributed by atoms with Crippen molar-refractivity contribution < 1.29 is 27.4 Å². The molecule has 0 amide bonds. The van der Waals surface area contributed by atoms with Gasteiger partial charge in [0, 0.05) is 12.1 Å². The van der Waals surface area contributed by atoms with E-state index >= 15 is 0 Å². The zero-order valence-corrected chi connectivity index (χ0v) is 17.5. The fourth-order valence-corrected chi connectivity index (χ4v) is 2.97. The Morgan fingerprint density at radius 2 is 1.90 bits per heavy atom. The number of carbonyl (C=O) groups excluding carboxylic acids is 1. The van der Waals surface area contributed by atoms with Crippen molar-refractivity contribution in [3.8, 4) is 0 Å². The molecule has 166 valence electrons. The summed E-state index contributed by atoms with van der Waals surface area (Å²) in [4.78, 5) is 16.4. The minimum atomic E-state index is -4.33. The predicted molar refractivity (Wildman–Crippen MR) is 115 cm³/mol. The summed E-state index contributed by atoms with van der Waals surface area (Å²) >= 11 is 0. The molecule has 1 aromatic rings. The smallest absolute Gasteiger partial charge is 0.411 e. The monoisotopic (exact) mass is 433 g/mol. The topological polar surface area (TPSA) is 47.9 Å². The first kappa shape index (κ1) is 24.3. The van der Waals surface area contributed by atoms with Crippen molar-refractivity contribution in [2.45, 2.75) is 32.5 Å². The second-order valence-corrected chi connectivity index (χ2v) is 6.98. The van der Waals surface area contributed by atoms with E-state index in [0.717, 1.165) is 11.1 Å². The lowest BCUT2D eigenvalue weighted by molar-refractivity contribution is -0.176. The first-order chi connectivity index (χ1) is 14.7. The van der Waals surface area contributed by atoms with Gasteiger partial charge in [0.1, 0.15) is 6.61 Å². The van der Waals surface area contributed by atoms with Crippen molar-refractivity contribution in [3.05, 3.63) is 84.1 Å². The summed E-state index contributed by atoms with van der Waals surface area (Å²) in [6.45, 7) is 8.54. The van der Waals surface area contributed by atoms with E-state index in [4.69, 9.17) is 4.74 Å². The molecule has 31 heavy (non-hydrogen) atoms. The largest absolute Gasteiger partial charge is 0.461 e. The molecule has 1 heterocycles. The van der Waals surface area contributed by atoms with E-state index in [1.54, 1.807) is 31.3 Å². The Kier molecular flexibility index (Phi) is 9.00. The normalized spacial score (nSPS) is 17.4. The van der Waals surface area contributed by atoms with Crippen LogP contribution in [0.5, 0.6) is 0 Å². The molecule has 0 fully saturated rings. The Balaban J connectivity index is 1.97. The van der Waals surface area contributed by atoms with Crippen LogP contribution in [0.2, 0.25) is 0 Å². The molecular weight excluding hydrogens is 407 g/mol. The molecule has 0 spiro atoms. The van der Waals surface area contributed by atoms with Crippen LogP contribution in [0.3, 0.4) is 0 Å². The third-order valence-corrected chi connectivity index (χ3v) is 4.50. The summed E-state index contributed by atoms with van der Waals surface area (Å²) in [5.41, 5.74) is 3.44. The molecule has 0 saturated carbocycles. The molecule has 0 radical (unpaired) electrons. The van der Waals surface area contributed by atoms with Crippen molar-refractivity contribution in [2.75, 3.05) is 13.2 Å². The highest BCUT2D eigenvalue weighted by Gasteiger charge is 2.27. The van der Waals surface area contributed by atoms with Crippen molar-refractivity contribution >= 4 is 11.7 Å². The summed E-state index contributed by atoms with van der Waals surface area (Å²) in [6.07, 6.45) is 3.97. The van der Waals surface area contributed by atoms with E-state index in [0.29, 0.717) is 24.0 Å². The summed E-state index contributed by atoms with van der Waals surface area (Å²) in [7, 11) is 0. The zero-order valence-electron chi connectivity index (χ0n) is 17.5. The van der Waals surface area contributed by atoms with Crippen LogP contribution < -0.4 is 0 Å². The molecule has 0 unspecified atom stereocenters. The average molecular weight is 433 g/mol. The van der Waals surface area contributed by atoms with Gasteiger partial charge in [-0.3, -0.25) is 0 Å². The van der Waals surface area contributed by atoms with Crippen LogP contribution in [0.15, 0.2) is 78.0 Å². The maximum absolute atomic E-state index is 12.2. The number of benzene rings is 1. The molecule has 1 aliphatic heterocycles. The maximum atomic E-state index is 12.2.